The van der Waals surface area contributed by atoms with E-state index >= 15 is 0 Å². The molecule has 6 atom stereocenters. The Morgan fingerprint density at radius 2 is 1.63 bits per heavy atom. The van der Waals surface area contributed by atoms with E-state index in [2.05, 4.69) is 10.6 Å². The molecule has 0 heterocycles. The Morgan fingerprint density at radius 1 is 0.947 bits per heavy atom. The summed E-state index contributed by atoms with van der Waals surface area (Å²) in [6, 6.07) is 10.5. The molecular formula is C26H23N3O9. The maximum absolute atomic E-state index is 13.6. The van der Waals surface area contributed by atoms with Crippen LogP contribution in [-0.2, 0) is 25.6 Å². The number of benzene rings is 2. The van der Waals surface area contributed by atoms with Gasteiger partial charge < -0.3 is 31.7 Å². The molecule has 12 nitrogen and oxygen atoms in total. The fraction of sp³-hybridized carbons (Fsp3) is 0.308. The fourth-order valence-corrected chi connectivity index (χ4v) is 5.86. The standard InChI is InChI=1S/C26H23N3O9/c27-24(36)18-15(30)9-13-19(31)12-8-10-6-7-14(29-25(37)28-11-4-2-1-3-5-11)20(32)16(10)21(33)17(12)22(34)26(13,38)23(18)35/h1-7,12-13,17-19,31-32,38H,8-9H2,(H2,27,36)(H2,28,29,37)/t12-,13-,17?,18?,19+,26+/m1/s1. The van der Waals surface area contributed by atoms with Crippen LogP contribution in [-0.4, -0.2) is 62.1 Å². The van der Waals surface area contributed by atoms with Crippen LogP contribution in [0.5, 0.6) is 5.75 Å². The van der Waals surface area contributed by atoms with Crippen molar-refractivity contribution in [3.05, 3.63) is 53.6 Å². The number of fused-ring (bicyclic) bond motifs is 3. The molecule has 3 aliphatic carbocycles. The van der Waals surface area contributed by atoms with E-state index in [0.29, 0.717) is 5.69 Å². The number of ketones is 4. The number of nitrogens with two attached hydrogens (primary N) is 1. The first-order chi connectivity index (χ1) is 18.0. The second-order valence-corrected chi connectivity index (χ2v) is 9.75. The number of rotatable bonds is 3. The number of para-hydroxylation sites is 1. The zero-order valence-corrected chi connectivity index (χ0v) is 19.7. The van der Waals surface area contributed by atoms with Crippen molar-refractivity contribution in [1.82, 2.24) is 0 Å². The number of aromatic hydroxyl groups is 1. The minimum Gasteiger partial charge on any atom is -0.505 e. The molecule has 0 aliphatic heterocycles. The lowest BCUT2D eigenvalue weighted by molar-refractivity contribution is -0.188. The Bertz CT molecular complexity index is 1420. The summed E-state index contributed by atoms with van der Waals surface area (Å²) in [5.41, 5.74) is 2.45. The van der Waals surface area contributed by atoms with E-state index in [1.54, 1.807) is 30.3 Å². The zero-order chi connectivity index (χ0) is 27.5. The molecule has 0 radical (unpaired) electrons. The third kappa shape index (κ3) is 3.60. The lowest BCUT2D eigenvalue weighted by Crippen LogP contribution is -2.72. The largest absolute Gasteiger partial charge is 0.505 e. The van der Waals surface area contributed by atoms with Crippen LogP contribution < -0.4 is 16.4 Å². The number of carbonyl (C=O) groups is 6. The molecule has 0 saturated heterocycles. The van der Waals surface area contributed by atoms with Gasteiger partial charge in [0, 0.05) is 23.9 Å². The molecule has 2 saturated carbocycles. The van der Waals surface area contributed by atoms with Crippen LogP contribution in [0.25, 0.3) is 0 Å². The summed E-state index contributed by atoms with van der Waals surface area (Å²) in [7, 11) is 0. The molecule has 2 aromatic carbocycles. The van der Waals surface area contributed by atoms with Crippen LogP contribution in [0.2, 0.25) is 0 Å². The van der Waals surface area contributed by atoms with Crippen molar-refractivity contribution < 1.29 is 44.1 Å². The van der Waals surface area contributed by atoms with E-state index < -0.39 is 82.6 Å². The monoisotopic (exact) mass is 521 g/mol. The molecule has 196 valence electrons. The molecule has 5 rings (SSSR count). The van der Waals surface area contributed by atoms with E-state index in [1.807, 2.05) is 0 Å². The highest BCUT2D eigenvalue weighted by Crippen LogP contribution is 2.50. The number of urea groups is 1. The summed E-state index contributed by atoms with van der Waals surface area (Å²) in [4.78, 5) is 76.6. The Hall–Kier alpha value is -4.42. The highest BCUT2D eigenvalue weighted by atomic mass is 16.3. The summed E-state index contributed by atoms with van der Waals surface area (Å²) in [6.07, 6.45) is -2.38. The minimum atomic E-state index is -2.98. The molecule has 7 N–H and O–H groups in total. The molecule has 38 heavy (non-hydrogen) atoms. The Balaban J connectivity index is 1.49. The Kier molecular flexibility index (Phi) is 5.88. The number of Topliss-reactive ketones (excluding diaryl/α,β-unsaturated/α-hetero) is 4. The number of anilines is 2. The molecule has 2 fully saturated rings. The van der Waals surface area contributed by atoms with Crippen molar-refractivity contribution in [2.24, 2.45) is 29.4 Å². The highest BCUT2D eigenvalue weighted by Gasteiger charge is 2.69. The quantitative estimate of drug-likeness (QED) is 0.235. The van der Waals surface area contributed by atoms with Gasteiger partial charge in [-0.05, 0) is 30.2 Å². The number of carbonyl (C=O) groups excluding carboxylic acids is 6. The van der Waals surface area contributed by atoms with Gasteiger partial charge in [0.05, 0.1) is 23.3 Å². The Labute approximate surface area is 214 Å². The molecule has 3 aliphatic rings. The zero-order valence-electron chi connectivity index (χ0n) is 19.7. The number of nitrogens with one attached hydrogen (secondary N) is 2. The van der Waals surface area contributed by atoms with Crippen molar-refractivity contribution in [3.63, 3.8) is 0 Å². The van der Waals surface area contributed by atoms with E-state index in [4.69, 9.17) is 5.73 Å². The van der Waals surface area contributed by atoms with Gasteiger partial charge in [-0.2, -0.15) is 0 Å². The first kappa shape index (κ1) is 25.2. The van der Waals surface area contributed by atoms with Crippen LogP contribution in [0.1, 0.15) is 22.3 Å². The van der Waals surface area contributed by atoms with Gasteiger partial charge in [0.1, 0.15) is 5.75 Å². The van der Waals surface area contributed by atoms with E-state index in [0.717, 1.165) is 0 Å². The number of aliphatic hydroxyl groups is 2. The van der Waals surface area contributed by atoms with Crippen molar-refractivity contribution in [3.8, 4) is 5.75 Å². The van der Waals surface area contributed by atoms with Gasteiger partial charge in [-0.3, -0.25) is 24.0 Å². The van der Waals surface area contributed by atoms with Gasteiger partial charge >= 0.3 is 6.03 Å². The molecule has 0 bridgehead atoms. The number of aliphatic hydroxyl groups excluding tert-OH is 1. The van der Waals surface area contributed by atoms with Gasteiger partial charge in [-0.1, -0.05) is 24.3 Å². The first-order valence-corrected chi connectivity index (χ1v) is 11.8. The van der Waals surface area contributed by atoms with E-state index in [9.17, 15) is 44.1 Å². The number of hydrogen-bond donors (Lipinski definition) is 6. The molecule has 0 aromatic heterocycles. The molecule has 0 spiro atoms. The first-order valence-electron chi connectivity index (χ1n) is 11.8. The fourth-order valence-electron chi connectivity index (χ4n) is 5.86. The van der Waals surface area contributed by atoms with Gasteiger partial charge in [0.2, 0.25) is 5.91 Å². The minimum absolute atomic E-state index is 0.100. The smallest absolute Gasteiger partial charge is 0.323 e. The average molecular weight is 521 g/mol. The van der Waals surface area contributed by atoms with Gasteiger partial charge in [0.25, 0.3) is 0 Å². The maximum atomic E-state index is 13.6. The molecule has 2 unspecified atom stereocenters. The second-order valence-electron chi connectivity index (χ2n) is 9.75. The van der Waals surface area contributed by atoms with Crippen LogP contribution in [0.15, 0.2) is 42.5 Å². The number of phenolic OH excluding ortho intramolecular Hbond substituents is 1. The lowest BCUT2D eigenvalue weighted by Gasteiger charge is -2.51. The van der Waals surface area contributed by atoms with Gasteiger partial charge in [-0.25, -0.2) is 4.79 Å². The van der Waals surface area contributed by atoms with Crippen LogP contribution >= 0.6 is 0 Å². The SMILES string of the molecule is NC(=O)C1C(=O)C[C@@H]2[C@@H](O)[C@@H]3Cc4ccc(NC(=O)Nc5ccccc5)c(O)c4C(=O)C3C(=O)[C@]2(O)C1=O. The lowest BCUT2D eigenvalue weighted by atomic mass is 9.52. The third-order valence-corrected chi connectivity index (χ3v) is 7.67. The summed E-state index contributed by atoms with van der Waals surface area (Å²) in [5, 5.41) is 38.1. The number of hydrogen-bond acceptors (Lipinski definition) is 9. The summed E-state index contributed by atoms with van der Waals surface area (Å²) in [6.45, 7) is 0. The third-order valence-electron chi connectivity index (χ3n) is 7.67. The maximum Gasteiger partial charge on any atom is 0.323 e. The highest BCUT2D eigenvalue weighted by molar-refractivity contribution is 6.31. The van der Waals surface area contributed by atoms with Crippen LogP contribution in [0.4, 0.5) is 16.2 Å². The summed E-state index contributed by atoms with van der Waals surface area (Å²) in [5.74, 6) is -13.1. The van der Waals surface area contributed by atoms with E-state index in [1.165, 1.54) is 12.1 Å². The Morgan fingerprint density at radius 3 is 2.29 bits per heavy atom. The van der Waals surface area contributed by atoms with Crippen LogP contribution in [0.3, 0.4) is 0 Å². The molecule has 3 amide bonds. The predicted molar refractivity (Wildman–Crippen MR) is 129 cm³/mol. The average Bonchev–Trinajstić information content (AvgIpc) is 2.86. The van der Waals surface area contributed by atoms with Crippen LogP contribution in [0, 0.1) is 23.7 Å². The second kappa shape index (κ2) is 8.85. The molecule has 2 aromatic rings. The number of phenols is 1. The van der Waals surface area contributed by atoms with E-state index in [-0.39, 0.29) is 23.2 Å². The summed E-state index contributed by atoms with van der Waals surface area (Å²) < 4.78 is 0. The number of amides is 3. The number of primary amides is 1. The molecular weight excluding hydrogens is 498 g/mol. The molecule has 12 heteroatoms. The van der Waals surface area contributed by atoms with Crippen molar-refractivity contribution >= 4 is 46.4 Å². The topological polar surface area (TPSA) is 213 Å². The summed E-state index contributed by atoms with van der Waals surface area (Å²) >= 11 is 0. The van der Waals surface area contributed by atoms with Crippen molar-refractivity contribution in [1.29, 1.82) is 0 Å². The van der Waals surface area contributed by atoms with Gasteiger partial charge in [-0.15, -0.1) is 0 Å². The van der Waals surface area contributed by atoms with Gasteiger partial charge in [0.15, 0.2) is 34.7 Å². The normalized spacial score (nSPS) is 30.1. The predicted octanol–water partition coefficient (Wildman–Crippen LogP) is -0.0583. The van der Waals surface area contributed by atoms with Crippen molar-refractivity contribution in [2.75, 3.05) is 10.6 Å². The van der Waals surface area contributed by atoms with Crippen molar-refractivity contribution in [2.45, 2.75) is 24.5 Å².